The third-order valence-electron chi connectivity index (χ3n) is 5.59. The molecule has 0 fully saturated rings. The van der Waals surface area contributed by atoms with Crippen LogP contribution in [-0.2, 0) is 0 Å². The fourth-order valence-corrected chi connectivity index (χ4v) is 7.16. The molecule has 0 aliphatic carbocycles. The predicted molar refractivity (Wildman–Crippen MR) is 136 cm³/mol. The van der Waals surface area contributed by atoms with Gasteiger partial charge in [-0.25, -0.2) is 0 Å². The molecule has 0 amide bonds. The largest absolute Gasteiger partial charge is 0.316 e. The number of para-hydroxylation sites is 2. The zero-order valence-corrected chi connectivity index (χ0v) is 21.0. The summed E-state index contributed by atoms with van der Waals surface area (Å²) in [6, 6.07) is 31.0. The third-order valence-corrected chi connectivity index (χ3v) is 9.44. The molecule has 0 saturated carbocycles. The normalized spacial score (nSPS) is 12.3. The van der Waals surface area contributed by atoms with E-state index in [-0.39, 0.29) is 0 Å². The fraction of sp³-hybridized carbons (Fsp3) is 0.231. The Bertz CT molecular complexity index is 1050. The van der Waals surface area contributed by atoms with Crippen LogP contribution in [0.1, 0.15) is 0 Å². The van der Waals surface area contributed by atoms with Crippen molar-refractivity contribution in [2.24, 2.45) is 0 Å². The van der Waals surface area contributed by atoms with Gasteiger partial charge in [-0.2, -0.15) is 0 Å². The van der Waals surface area contributed by atoms with Gasteiger partial charge in [-0.3, -0.25) is 0 Å². The molecule has 2 aromatic heterocycles. The second-order valence-electron chi connectivity index (χ2n) is 10.0. The van der Waals surface area contributed by atoms with E-state index in [9.17, 15) is 0 Å². The molecule has 0 aliphatic rings. The summed E-state index contributed by atoms with van der Waals surface area (Å²) in [5.74, 6) is 0. The predicted octanol–water partition coefficient (Wildman–Crippen LogP) is 6.03. The average molecular weight is 429 g/mol. The van der Waals surface area contributed by atoms with Crippen molar-refractivity contribution in [2.75, 3.05) is 0 Å². The summed E-state index contributed by atoms with van der Waals surface area (Å²) in [5, 5.41) is 2.91. The van der Waals surface area contributed by atoms with E-state index in [1.165, 1.54) is 33.4 Å². The summed E-state index contributed by atoms with van der Waals surface area (Å²) in [4.78, 5) is 0. The molecule has 0 bridgehead atoms. The van der Waals surface area contributed by atoms with Crippen molar-refractivity contribution >= 4 is 26.8 Å². The van der Waals surface area contributed by atoms with Gasteiger partial charge in [0.15, 0.2) is 0 Å². The summed E-state index contributed by atoms with van der Waals surface area (Å²) in [6.45, 7) is 14.6. The summed E-state index contributed by atoms with van der Waals surface area (Å²) < 4.78 is 4.99. The first-order chi connectivity index (χ1) is 14.2. The number of rotatable bonds is 5. The van der Waals surface area contributed by atoms with Crippen LogP contribution in [0, 0.1) is 0 Å². The molecule has 0 atom stereocenters. The second kappa shape index (κ2) is 7.60. The lowest BCUT2D eigenvalue weighted by Crippen LogP contribution is -2.43. The van der Waals surface area contributed by atoms with E-state index in [4.69, 9.17) is 0 Å². The van der Waals surface area contributed by atoms with Crippen LogP contribution in [0.2, 0.25) is 39.3 Å². The minimum atomic E-state index is -1.54. The van der Waals surface area contributed by atoms with Crippen molar-refractivity contribution in [3.8, 4) is 22.8 Å². The van der Waals surface area contributed by atoms with Crippen LogP contribution >= 0.6 is 0 Å². The number of hydrogen-bond acceptors (Lipinski definition) is 0. The smallest absolute Gasteiger partial charge is 0.0990 e. The maximum absolute atomic E-state index is 2.50. The van der Waals surface area contributed by atoms with Crippen molar-refractivity contribution in [1.82, 2.24) is 9.13 Å². The molecule has 4 heteroatoms. The molecule has 2 nitrogen and oxygen atoms in total. The molecule has 0 N–H and O–H groups in total. The first kappa shape index (κ1) is 20.7. The van der Waals surface area contributed by atoms with Gasteiger partial charge in [0.2, 0.25) is 0 Å². The van der Waals surface area contributed by atoms with Gasteiger partial charge in [0.1, 0.15) is 0 Å². The van der Waals surface area contributed by atoms with Crippen LogP contribution in [0.3, 0.4) is 0 Å². The van der Waals surface area contributed by atoms with Crippen LogP contribution < -0.4 is 10.6 Å². The van der Waals surface area contributed by atoms with Crippen LogP contribution in [-0.4, -0.2) is 25.3 Å². The van der Waals surface area contributed by atoms with E-state index >= 15 is 0 Å². The Balaban J connectivity index is 2.04. The lowest BCUT2D eigenvalue weighted by atomic mass is 10.2. The summed E-state index contributed by atoms with van der Waals surface area (Å²) >= 11 is 0. The van der Waals surface area contributed by atoms with Gasteiger partial charge in [0, 0.05) is 22.0 Å². The van der Waals surface area contributed by atoms with E-state index in [1.807, 2.05) is 0 Å². The van der Waals surface area contributed by atoms with Crippen molar-refractivity contribution < 1.29 is 0 Å². The van der Waals surface area contributed by atoms with Gasteiger partial charge in [0.25, 0.3) is 0 Å². The van der Waals surface area contributed by atoms with E-state index < -0.39 is 16.1 Å². The van der Waals surface area contributed by atoms with Crippen LogP contribution in [0.5, 0.6) is 0 Å². The molecule has 4 aromatic rings. The summed E-state index contributed by atoms with van der Waals surface area (Å²) in [5.41, 5.74) is 5.02. The van der Waals surface area contributed by atoms with Crippen molar-refractivity contribution in [2.45, 2.75) is 39.3 Å². The Morgan fingerprint density at radius 1 is 0.433 bits per heavy atom. The minimum absolute atomic E-state index is 1.24. The molecular formula is C26H32N2Si2. The van der Waals surface area contributed by atoms with E-state index in [0.29, 0.717) is 0 Å². The second-order valence-corrected chi connectivity index (χ2v) is 20.1. The quantitative estimate of drug-likeness (QED) is 0.344. The highest BCUT2D eigenvalue weighted by atomic mass is 28.3. The van der Waals surface area contributed by atoms with Gasteiger partial charge < -0.3 is 9.13 Å². The Morgan fingerprint density at radius 3 is 1.07 bits per heavy atom. The zero-order chi connectivity index (χ0) is 21.5. The van der Waals surface area contributed by atoms with E-state index in [0.717, 1.165) is 0 Å². The van der Waals surface area contributed by atoms with Gasteiger partial charge in [-0.1, -0.05) is 75.7 Å². The van der Waals surface area contributed by atoms with Crippen molar-refractivity contribution in [3.63, 3.8) is 0 Å². The highest BCUT2D eigenvalue weighted by Crippen LogP contribution is 2.28. The zero-order valence-electron chi connectivity index (χ0n) is 19.0. The topological polar surface area (TPSA) is 9.86 Å². The molecule has 0 radical (unpaired) electrons. The van der Waals surface area contributed by atoms with Crippen molar-refractivity contribution in [3.05, 3.63) is 84.9 Å². The Hall–Kier alpha value is -2.57. The van der Waals surface area contributed by atoms with E-state index in [2.05, 4.69) is 133 Å². The van der Waals surface area contributed by atoms with Crippen LogP contribution in [0.4, 0.5) is 0 Å². The summed E-state index contributed by atoms with van der Waals surface area (Å²) in [7, 11) is -3.07. The molecule has 0 aliphatic heterocycles. The number of nitrogens with zero attached hydrogens (tertiary/aromatic N) is 2. The summed E-state index contributed by atoms with van der Waals surface area (Å²) in [6.07, 6.45) is 0. The molecule has 154 valence electrons. The molecule has 2 heterocycles. The monoisotopic (exact) mass is 428 g/mol. The average Bonchev–Trinajstić information content (AvgIpc) is 3.33. The van der Waals surface area contributed by atoms with Gasteiger partial charge in [-0.05, 0) is 48.5 Å². The van der Waals surface area contributed by atoms with Crippen LogP contribution in [0.15, 0.2) is 84.9 Å². The highest BCUT2D eigenvalue weighted by Gasteiger charge is 2.28. The third kappa shape index (κ3) is 3.77. The molecular weight excluding hydrogens is 396 g/mol. The van der Waals surface area contributed by atoms with Gasteiger partial charge in [-0.15, -0.1) is 0 Å². The SMILES string of the molecule is C[Si](C)(C)c1ccc(-c2ccc([Si](C)(C)C)n2-c2ccccc2)n1-c1ccccc1. The fourth-order valence-electron chi connectivity index (χ4n) is 4.15. The number of hydrogen-bond donors (Lipinski definition) is 0. The standard InChI is InChI=1S/C26H32N2Si2/c1-29(2,3)25-19-17-23(27(25)21-13-9-7-10-14-21)24-18-20-26(30(4,5)6)28(24)22-15-11-8-12-16-22/h7-20H,1-6H3. The Labute approximate surface area is 182 Å². The Morgan fingerprint density at radius 2 is 0.767 bits per heavy atom. The molecule has 30 heavy (non-hydrogen) atoms. The molecule has 0 saturated heterocycles. The Kier molecular flexibility index (Phi) is 5.24. The first-order valence-corrected chi connectivity index (χ1v) is 17.7. The molecule has 4 rings (SSSR count). The lowest BCUT2D eigenvalue weighted by Gasteiger charge is -2.24. The van der Waals surface area contributed by atoms with Crippen molar-refractivity contribution in [1.29, 1.82) is 0 Å². The van der Waals surface area contributed by atoms with E-state index in [1.54, 1.807) is 0 Å². The molecule has 2 aromatic carbocycles. The molecule has 0 unspecified atom stereocenters. The number of aromatic nitrogens is 2. The lowest BCUT2D eigenvalue weighted by molar-refractivity contribution is 1.05. The van der Waals surface area contributed by atoms with Crippen LogP contribution in [0.25, 0.3) is 22.8 Å². The first-order valence-electron chi connectivity index (χ1n) is 10.7. The molecule has 0 spiro atoms. The minimum Gasteiger partial charge on any atom is -0.316 e. The van der Waals surface area contributed by atoms with Gasteiger partial charge in [0.05, 0.1) is 27.5 Å². The number of benzene rings is 2. The maximum atomic E-state index is 2.50. The highest BCUT2D eigenvalue weighted by molar-refractivity contribution is 6.88. The van der Waals surface area contributed by atoms with Gasteiger partial charge >= 0.3 is 0 Å². The maximum Gasteiger partial charge on any atom is 0.0990 e.